The molecule has 102 valence electrons. The molecule has 0 aliphatic rings. The first-order valence-electron chi connectivity index (χ1n) is 6.39. The van der Waals surface area contributed by atoms with Crippen LogP contribution in [0.5, 0.6) is 5.88 Å². The molecule has 0 spiro atoms. The van der Waals surface area contributed by atoms with E-state index in [1.54, 1.807) is 18.6 Å². The van der Waals surface area contributed by atoms with Gasteiger partial charge in [0.2, 0.25) is 11.8 Å². The Morgan fingerprint density at radius 2 is 2.26 bits per heavy atom. The van der Waals surface area contributed by atoms with E-state index in [9.17, 15) is 0 Å². The molecule has 7 nitrogen and oxygen atoms in total. The topological polar surface area (TPSA) is 77.8 Å². The minimum atomic E-state index is 0.563. The standard InChI is InChI=1S/C12H18N6O/c1-3-18-9-15-17-10(18)5-7-13-12-14-8-6-11(16-12)19-4-2/h6,8-9H,3-5,7H2,1-2H3,(H,13,14,16). The maximum atomic E-state index is 5.32. The maximum Gasteiger partial charge on any atom is 0.225 e. The van der Waals surface area contributed by atoms with E-state index < -0.39 is 0 Å². The Bertz CT molecular complexity index is 512. The number of hydrogen-bond donors (Lipinski definition) is 1. The Morgan fingerprint density at radius 1 is 1.37 bits per heavy atom. The van der Waals surface area contributed by atoms with Gasteiger partial charge in [0.25, 0.3) is 0 Å². The Morgan fingerprint density at radius 3 is 3.05 bits per heavy atom. The van der Waals surface area contributed by atoms with Crippen LogP contribution in [0.25, 0.3) is 0 Å². The zero-order valence-corrected chi connectivity index (χ0v) is 11.2. The Hall–Kier alpha value is -2.18. The van der Waals surface area contributed by atoms with Gasteiger partial charge < -0.3 is 14.6 Å². The van der Waals surface area contributed by atoms with Crippen LogP contribution < -0.4 is 10.1 Å². The van der Waals surface area contributed by atoms with Crippen molar-refractivity contribution in [2.75, 3.05) is 18.5 Å². The van der Waals surface area contributed by atoms with Gasteiger partial charge in [-0.25, -0.2) is 4.98 Å². The van der Waals surface area contributed by atoms with Gasteiger partial charge in [-0.1, -0.05) is 0 Å². The fourth-order valence-electron chi connectivity index (χ4n) is 1.68. The number of nitrogens with one attached hydrogen (secondary N) is 1. The molecule has 2 aromatic rings. The largest absolute Gasteiger partial charge is 0.478 e. The minimum Gasteiger partial charge on any atom is -0.478 e. The number of hydrogen-bond acceptors (Lipinski definition) is 6. The van der Waals surface area contributed by atoms with Crippen LogP contribution in [0.15, 0.2) is 18.6 Å². The molecule has 0 aliphatic carbocycles. The fraction of sp³-hybridized carbons (Fsp3) is 0.500. The van der Waals surface area contributed by atoms with Gasteiger partial charge in [-0.2, -0.15) is 4.98 Å². The summed E-state index contributed by atoms with van der Waals surface area (Å²) in [5, 5.41) is 11.1. The molecule has 2 heterocycles. The van der Waals surface area contributed by atoms with Crippen molar-refractivity contribution in [2.24, 2.45) is 0 Å². The second kappa shape index (κ2) is 6.67. The molecular formula is C12H18N6O. The molecule has 0 saturated heterocycles. The predicted molar refractivity (Wildman–Crippen MR) is 71.1 cm³/mol. The van der Waals surface area contributed by atoms with Gasteiger partial charge in [0, 0.05) is 31.8 Å². The highest BCUT2D eigenvalue weighted by Gasteiger charge is 2.03. The van der Waals surface area contributed by atoms with Gasteiger partial charge in [-0.3, -0.25) is 0 Å². The number of anilines is 1. The first-order chi connectivity index (χ1) is 9.33. The molecule has 0 aliphatic heterocycles. The quantitative estimate of drug-likeness (QED) is 0.806. The molecular weight excluding hydrogens is 244 g/mol. The average molecular weight is 262 g/mol. The van der Waals surface area contributed by atoms with Crippen molar-refractivity contribution in [3.63, 3.8) is 0 Å². The first-order valence-corrected chi connectivity index (χ1v) is 6.39. The molecule has 2 aromatic heterocycles. The van der Waals surface area contributed by atoms with E-state index in [-0.39, 0.29) is 0 Å². The number of nitrogens with zero attached hydrogens (tertiary/aromatic N) is 5. The monoisotopic (exact) mass is 262 g/mol. The summed E-state index contributed by atoms with van der Waals surface area (Å²) in [5.74, 6) is 2.10. The van der Waals surface area contributed by atoms with Crippen LogP contribution in [-0.4, -0.2) is 37.9 Å². The summed E-state index contributed by atoms with van der Waals surface area (Å²) in [6, 6.07) is 1.74. The van der Waals surface area contributed by atoms with Crippen LogP contribution in [0.1, 0.15) is 19.7 Å². The summed E-state index contributed by atoms with van der Waals surface area (Å²) in [7, 11) is 0. The lowest BCUT2D eigenvalue weighted by Crippen LogP contribution is -2.11. The van der Waals surface area contributed by atoms with Gasteiger partial charge in [0.1, 0.15) is 12.2 Å². The van der Waals surface area contributed by atoms with Crippen LogP contribution in [0.2, 0.25) is 0 Å². The van der Waals surface area contributed by atoms with E-state index in [2.05, 4.69) is 32.4 Å². The fourth-order valence-corrected chi connectivity index (χ4v) is 1.68. The molecule has 0 unspecified atom stereocenters. The van der Waals surface area contributed by atoms with Crippen LogP contribution >= 0.6 is 0 Å². The molecule has 0 radical (unpaired) electrons. The highest BCUT2D eigenvalue weighted by Crippen LogP contribution is 2.08. The van der Waals surface area contributed by atoms with E-state index in [0.717, 1.165) is 18.8 Å². The lowest BCUT2D eigenvalue weighted by Gasteiger charge is -2.07. The normalized spacial score (nSPS) is 10.4. The first kappa shape index (κ1) is 13.3. The molecule has 0 bridgehead atoms. The Balaban J connectivity index is 1.87. The summed E-state index contributed by atoms with van der Waals surface area (Å²) >= 11 is 0. The second-order valence-corrected chi connectivity index (χ2v) is 3.86. The van der Waals surface area contributed by atoms with E-state index in [1.807, 2.05) is 11.5 Å². The third-order valence-electron chi connectivity index (χ3n) is 2.59. The zero-order chi connectivity index (χ0) is 13.5. The summed E-state index contributed by atoms with van der Waals surface area (Å²) in [6.07, 6.45) is 4.19. The molecule has 0 fully saturated rings. The summed E-state index contributed by atoms with van der Waals surface area (Å²) in [4.78, 5) is 8.37. The van der Waals surface area contributed by atoms with E-state index in [0.29, 0.717) is 25.0 Å². The van der Waals surface area contributed by atoms with Crippen LogP contribution in [0, 0.1) is 0 Å². The summed E-state index contributed by atoms with van der Waals surface area (Å²) in [5.41, 5.74) is 0. The van der Waals surface area contributed by atoms with Crippen molar-refractivity contribution in [2.45, 2.75) is 26.8 Å². The predicted octanol–water partition coefficient (Wildman–Crippen LogP) is 1.14. The second-order valence-electron chi connectivity index (χ2n) is 3.86. The van der Waals surface area contributed by atoms with Crippen molar-refractivity contribution in [3.8, 4) is 5.88 Å². The van der Waals surface area contributed by atoms with Crippen molar-refractivity contribution in [3.05, 3.63) is 24.4 Å². The van der Waals surface area contributed by atoms with Crippen LogP contribution in [0.3, 0.4) is 0 Å². The highest BCUT2D eigenvalue weighted by molar-refractivity contribution is 5.27. The average Bonchev–Trinajstić information content (AvgIpc) is 2.87. The smallest absolute Gasteiger partial charge is 0.225 e. The maximum absolute atomic E-state index is 5.32. The lowest BCUT2D eigenvalue weighted by molar-refractivity contribution is 0.326. The van der Waals surface area contributed by atoms with Crippen LogP contribution in [0.4, 0.5) is 5.95 Å². The Labute approximate surface area is 112 Å². The molecule has 0 aromatic carbocycles. The molecule has 2 rings (SSSR count). The number of rotatable bonds is 7. The van der Waals surface area contributed by atoms with Gasteiger partial charge in [-0.15, -0.1) is 10.2 Å². The summed E-state index contributed by atoms with van der Waals surface area (Å²) in [6.45, 7) is 6.16. The molecule has 1 N–H and O–H groups in total. The van der Waals surface area contributed by atoms with Gasteiger partial charge >= 0.3 is 0 Å². The van der Waals surface area contributed by atoms with Gasteiger partial charge in [0.15, 0.2) is 0 Å². The third-order valence-corrected chi connectivity index (χ3v) is 2.59. The number of aryl methyl sites for hydroxylation is 1. The van der Waals surface area contributed by atoms with E-state index in [1.165, 1.54) is 0 Å². The summed E-state index contributed by atoms with van der Waals surface area (Å²) < 4.78 is 7.33. The molecule has 7 heteroatoms. The minimum absolute atomic E-state index is 0.563. The number of aromatic nitrogens is 5. The molecule has 0 amide bonds. The number of ether oxygens (including phenoxy) is 1. The van der Waals surface area contributed by atoms with Crippen molar-refractivity contribution in [1.29, 1.82) is 0 Å². The van der Waals surface area contributed by atoms with E-state index >= 15 is 0 Å². The lowest BCUT2D eigenvalue weighted by atomic mass is 10.4. The van der Waals surface area contributed by atoms with Crippen molar-refractivity contribution < 1.29 is 4.74 Å². The van der Waals surface area contributed by atoms with Crippen LogP contribution in [-0.2, 0) is 13.0 Å². The van der Waals surface area contributed by atoms with Gasteiger partial charge in [-0.05, 0) is 13.8 Å². The molecule has 19 heavy (non-hydrogen) atoms. The molecule has 0 saturated carbocycles. The van der Waals surface area contributed by atoms with Crippen molar-refractivity contribution in [1.82, 2.24) is 24.7 Å². The molecule has 0 atom stereocenters. The highest BCUT2D eigenvalue weighted by atomic mass is 16.5. The third kappa shape index (κ3) is 3.64. The van der Waals surface area contributed by atoms with E-state index in [4.69, 9.17) is 4.74 Å². The van der Waals surface area contributed by atoms with Crippen molar-refractivity contribution >= 4 is 5.95 Å². The SMILES string of the molecule is CCOc1ccnc(NCCc2nncn2CC)n1. The zero-order valence-electron chi connectivity index (χ0n) is 11.2. The Kier molecular flexibility index (Phi) is 4.66. The van der Waals surface area contributed by atoms with Gasteiger partial charge in [0.05, 0.1) is 6.61 Å².